The lowest BCUT2D eigenvalue weighted by Crippen LogP contribution is -2.32. The Morgan fingerprint density at radius 3 is 2.39 bits per heavy atom. The number of hydrogen-bond acceptors (Lipinski definition) is 4. The van der Waals surface area contributed by atoms with Crippen LogP contribution in [0.15, 0.2) is 0 Å². The number of amides is 1. The zero-order valence-corrected chi connectivity index (χ0v) is 10.8. The van der Waals surface area contributed by atoms with Gasteiger partial charge in [-0.15, -0.1) is 0 Å². The summed E-state index contributed by atoms with van der Waals surface area (Å²) in [5, 5.41) is 16.2. The molecule has 104 valence electrons. The first-order valence-electron chi connectivity index (χ1n) is 5.80. The molecule has 4 N–H and O–H groups in total. The van der Waals surface area contributed by atoms with Crippen molar-refractivity contribution in [1.29, 1.82) is 0 Å². The van der Waals surface area contributed by atoms with Gasteiger partial charge in [0, 0.05) is 12.5 Å². The number of rotatable bonds is 6. The van der Waals surface area contributed by atoms with Crippen molar-refractivity contribution in [2.45, 2.75) is 25.7 Å². The number of aliphatic carboxylic acids is 1. The Labute approximate surface area is 106 Å². The van der Waals surface area contributed by atoms with E-state index >= 15 is 0 Å². The predicted molar refractivity (Wildman–Crippen MR) is 64.1 cm³/mol. The molecular formula is C10H18N2O5S. The van der Waals surface area contributed by atoms with Crippen molar-refractivity contribution in [1.82, 2.24) is 5.32 Å². The van der Waals surface area contributed by atoms with Crippen molar-refractivity contribution in [2.24, 2.45) is 17.0 Å². The zero-order valence-electron chi connectivity index (χ0n) is 9.96. The molecule has 1 saturated carbocycles. The van der Waals surface area contributed by atoms with Gasteiger partial charge >= 0.3 is 5.97 Å². The lowest BCUT2D eigenvalue weighted by molar-refractivity contribution is -0.141. The van der Waals surface area contributed by atoms with Crippen molar-refractivity contribution < 1.29 is 23.1 Å². The molecule has 7 nitrogen and oxygen atoms in total. The molecule has 1 aliphatic carbocycles. The number of carbonyl (C=O) groups excluding carboxylic acids is 1. The molecular weight excluding hydrogens is 260 g/mol. The topological polar surface area (TPSA) is 127 Å². The zero-order chi connectivity index (χ0) is 13.8. The van der Waals surface area contributed by atoms with Gasteiger partial charge in [0.15, 0.2) is 0 Å². The second-order valence-corrected chi connectivity index (χ2v) is 6.29. The van der Waals surface area contributed by atoms with Crippen LogP contribution in [0.25, 0.3) is 0 Å². The maximum atomic E-state index is 11.7. The summed E-state index contributed by atoms with van der Waals surface area (Å²) in [7, 11) is -3.49. The molecule has 2 atom stereocenters. The molecule has 1 fully saturated rings. The third-order valence-corrected chi connectivity index (χ3v) is 3.92. The van der Waals surface area contributed by atoms with E-state index in [4.69, 9.17) is 10.2 Å². The fourth-order valence-corrected chi connectivity index (χ4v) is 2.62. The number of nitrogens with two attached hydrogens (primary N) is 1. The number of carboxylic acid groups (broad SMARTS) is 1. The van der Waals surface area contributed by atoms with E-state index in [0.717, 1.165) is 0 Å². The standard InChI is InChI=1S/C10H18N2O5S/c11-18(16,17)5-1-4-12-9(13)7-2-3-8(6-7)10(14)15/h7-8H,1-6H2,(H,12,13)(H,14,15)(H2,11,16,17)/t7-,8+/m1/s1. The monoisotopic (exact) mass is 278 g/mol. The molecule has 1 aliphatic rings. The average Bonchev–Trinajstić information content (AvgIpc) is 2.72. The van der Waals surface area contributed by atoms with Gasteiger partial charge in [0.1, 0.15) is 0 Å². The van der Waals surface area contributed by atoms with Crippen LogP contribution in [-0.2, 0) is 19.6 Å². The fourth-order valence-electron chi connectivity index (χ4n) is 2.07. The Balaban J connectivity index is 2.24. The molecule has 0 heterocycles. The Hall–Kier alpha value is -1.15. The Morgan fingerprint density at radius 1 is 1.28 bits per heavy atom. The van der Waals surface area contributed by atoms with Gasteiger partial charge in [0.05, 0.1) is 11.7 Å². The summed E-state index contributed by atoms with van der Waals surface area (Å²) >= 11 is 0. The quantitative estimate of drug-likeness (QED) is 0.553. The summed E-state index contributed by atoms with van der Waals surface area (Å²) in [5.74, 6) is -1.95. The summed E-state index contributed by atoms with van der Waals surface area (Å²) in [4.78, 5) is 22.4. The van der Waals surface area contributed by atoms with Crippen molar-refractivity contribution >= 4 is 21.9 Å². The minimum Gasteiger partial charge on any atom is -0.481 e. The first-order chi connectivity index (χ1) is 8.29. The number of primary sulfonamides is 1. The Kier molecular flexibility index (Phi) is 5.09. The highest BCUT2D eigenvalue weighted by Gasteiger charge is 2.33. The van der Waals surface area contributed by atoms with E-state index in [2.05, 4.69) is 5.32 Å². The number of nitrogens with one attached hydrogen (secondary N) is 1. The van der Waals surface area contributed by atoms with Crippen molar-refractivity contribution in [3.8, 4) is 0 Å². The van der Waals surface area contributed by atoms with Gasteiger partial charge < -0.3 is 10.4 Å². The van der Waals surface area contributed by atoms with Crippen LogP contribution in [0.3, 0.4) is 0 Å². The molecule has 18 heavy (non-hydrogen) atoms. The smallest absolute Gasteiger partial charge is 0.306 e. The number of hydrogen-bond donors (Lipinski definition) is 3. The van der Waals surface area contributed by atoms with Crippen LogP contribution < -0.4 is 10.5 Å². The van der Waals surface area contributed by atoms with Crippen LogP contribution in [0, 0.1) is 11.8 Å². The molecule has 8 heteroatoms. The highest BCUT2D eigenvalue weighted by Crippen LogP contribution is 2.30. The Morgan fingerprint density at radius 2 is 1.89 bits per heavy atom. The second-order valence-electron chi connectivity index (χ2n) is 4.56. The number of carbonyl (C=O) groups is 2. The molecule has 0 radical (unpaired) electrons. The molecule has 0 aromatic rings. The van der Waals surface area contributed by atoms with Gasteiger partial charge in [-0.1, -0.05) is 0 Å². The maximum Gasteiger partial charge on any atom is 0.306 e. The van der Waals surface area contributed by atoms with E-state index in [-0.39, 0.29) is 30.5 Å². The predicted octanol–water partition coefficient (Wildman–Crippen LogP) is -0.718. The summed E-state index contributed by atoms with van der Waals surface area (Å²) in [6.45, 7) is 0.240. The minimum atomic E-state index is -3.49. The molecule has 0 bridgehead atoms. The molecule has 1 amide bonds. The SMILES string of the molecule is NS(=O)(=O)CCCNC(=O)[C@@H]1CC[C@H](C(=O)O)C1. The summed E-state index contributed by atoms with van der Waals surface area (Å²) in [6.07, 6.45) is 1.71. The van der Waals surface area contributed by atoms with Gasteiger partial charge in [0.25, 0.3) is 0 Å². The van der Waals surface area contributed by atoms with Gasteiger partial charge in [0.2, 0.25) is 15.9 Å². The van der Waals surface area contributed by atoms with E-state index in [1.807, 2.05) is 0 Å². The van der Waals surface area contributed by atoms with Crippen LogP contribution >= 0.6 is 0 Å². The van der Waals surface area contributed by atoms with Crippen molar-refractivity contribution in [2.75, 3.05) is 12.3 Å². The highest BCUT2D eigenvalue weighted by atomic mass is 32.2. The molecule has 0 saturated heterocycles. The molecule has 0 aromatic carbocycles. The van der Waals surface area contributed by atoms with Gasteiger partial charge in [-0.25, -0.2) is 13.6 Å². The van der Waals surface area contributed by atoms with Crippen LogP contribution in [0.5, 0.6) is 0 Å². The minimum absolute atomic E-state index is 0.171. The summed E-state index contributed by atoms with van der Waals surface area (Å²) < 4.78 is 21.3. The van der Waals surface area contributed by atoms with Crippen LogP contribution in [0.1, 0.15) is 25.7 Å². The largest absolute Gasteiger partial charge is 0.481 e. The third kappa shape index (κ3) is 5.01. The molecule has 0 aromatic heterocycles. The highest BCUT2D eigenvalue weighted by molar-refractivity contribution is 7.89. The van der Waals surface area contributed by atoms with Gasteiger partial charge in [-0.3, -0.25) is 9.59 Å². The lowest BCUT2D eigenvalue weighted by Gasteiger charge is -2.10. The van der Waals surface area contributed by atoms with Crippen molar-refractivity contribution in [3.05, 3.63) is 0 Å². The summed E-state index contributed by atoms with van der Waals surface area (Å²) in [5.41, 5.74) is 0. The van der Waals surface area contributed by atoms with Crippen molar-refractivity contribution in [3.63, 3.8) is 0 Å². The van der Waals surface area contributed by atoms with Gasteiger partial charge in [-0.2, -0.15) is 0 Å². The lowest BCUT2D eigenvalue weighted by atomic mass is 10.0. The van der Waals surface area contributed by atoms with E-state index in [0.29, 0.717) is 19.3 Å². The Bertz CT molecular complexity index is 420. The van der Waals surface area contributed by atoms with E-state index < -0.39 is 21.9 Å². The van der Waals surface area contributed by atoms with Crippen LogP contribution in [0.2, 0.25) is 0 Å². The number of sulfonamides is 1. The third-order valence-electron chi connectivity index (χ3n) is 3.06. The van der Waals surface area contributed by atoms with Gasteiger partial charge in [-0.05, 0) is 25.7 Å². The first kappa shape index (κ1) is 14.9. The van der Waals surface area contributed by atoms with E-state index in [9.17, 15) is 18.0 Å². The van der Waals surface area contributed by atoms with Crippen LogP contribution in [0.4, 0.5) is 0 Å². The molecule has 0 unspecified atom stereocenters. The molecule has 0 aliphatic heterocycles. The van der Waals surface area contributed by atoms with E-state index in [1.165, 1.54) is 0 Å². The molecule has 0 spiro atoms. The normalized spacial score (nSPS) is 23.8. The number of carboxylic acids is 1. The molecule has 1 rings (SSSR count). The van der Waals surface area contributed by atoms with Crippen LogP contribution in [-0.4, -0.2) is 37.7 Å². The first-order valence-corrected chi connectivity index (χ1v) is 7.52. The maximum absolute atomic E-state index is 11.7. The van der Waals surface area contributed by atoms with E-state index in [1.54, 1.807) is 0 Å². The average molecular weight is 278 g/mol. The second kappa shape index (κ2) is 6.14. The fraction of sp³-hybridized carbons (Fsp3) is 0.800. The summed E-state index contributed by atoms with van der Waals surface area (Å²) in [6, 6.07) is 0.